The van der Waals surface area contributed by atoms with Crippen LogP contribution in [0.3, 0.4) is 0 Å². The molecule has 0 saturated carbocycles. The molecule has 0 bridgehead atoms. The molecule has 2 aromatic carbocycles. The van der Waals surface area contributed by atoms with Crippen LogP contribution in [0.15, 0.2) is 53.5 Å². The summed E-state index contributed by atoms with van der Waals surface area (Å²) in [5.74, 6) is -0.181. The maximum atomic E-state index is 12.1. The van der Waals surface area contributed by atoms with E-state index >= 15 is 0 Å². The molecule has 1 amide bonds. The molecule has 0 aliphatic rings. The van der Waals surface area contributed by atoms with Crippen LogP contribution < -0.4 is 22.5 Å². The van der Waals surface area contributed by atoms with E-state index in [0.29, 0.717) is 17.8 Å². The number of carbonyl (C=O) groups is 1. The van der Waals surface area contributed by atoms with Gasteiger partial charge in [-0.3, -0.25) is 4.79 Å². The van der Waals surface area contributed by atoms with E-state index in [2.05, 4.69) is 10.3 Å². The van der Waals surface area contributed by atoms with Gasteiger partial charge in [0.1, 0.15) is 5.75 Å². The zero-order valence-electron chi connectivity index (χ0n) is 12.4. The van der Waals surface area contributed by atoms with Crippen molar-refractivity contribution in [1.82, 2.24) is 0 Å². The summed E-state index contributed by atoms with van der Waals surface area (Å²) in [6, 6.07) is 12.6. The molecule has 0 saturated heterocycles. The third-order valence-electron chi connectivity index (χ3n) is 3.12. The minimum Gasteiger partial charge on any atom is -0.508 e. The van der Waals surface area contributed by atoms with Crippen LogP contribution in [0.4, 0.5) is 11.4 Å². The number of phenols is 1. The van der Waals surface area contributed by atoms with Gasteiger partial charge >= 0.3 is 0 Å². The second-order valence-electron chi connectivity index (χ2n) is 5.05. The summed E-state index contributed by atoms with van der Waals surface area (Å²) >= 11 is 0. The van der Waals surface area contributed by atoms with Crippen LogP contribution in [-0.2, 0) is 11.2 Å². The van der Waals surface area contributed by atoms with E-state index in [1.54, 1.807) is 24.3 Å². The molecule has 1 atom stereocenters. The van der Waals surface area contributed by atoms with Crippen molar-refractivity contribution < 1.29 is 9.90 Å². The predicted octanol–water partition coefficient (Wildman–Crippen LogP) is 0.806. The molecule has 0 aliphatic carbocycles. The van der Waals surface area contributed by atoms with Gasteiger partial charge in [-0.15, -0.1) is 0 Å². The molecular formula is C16H19N5O2. The van der Waals surface area contributed by atoms with Crippen molar-refractivity contribution in [2.24, 2.45) is 22.2 Å². The third kappa shape index (κ3) is 5.01. The fourth-order valence-electron chi connectivity index (χ4n) is 1.98. The molecule has 0 heterocycles. The number of aliphatic imine (C=N–C) groups is 1. The van der Waals surface area contributed by atoms with E-state index in [9.17, 15) is 9.90 Å². The Bertz CT molecular complexity index is 691. The number of phenolic OH excluding ortho intramolecular Hbond substituents is 1. The van der Waals surface area contributed by atoms with Crippen molar-refractivity contribution in [3.63, 3.8) is 0 Å². The molecule has 7 nitrogen and oxygen atoms in total. The van der Waals surface area contributed by atoms with Crippen molar-refractivity contribution in [3.8, 4) is 5.75 Å². The van der Waals surface area contributed by atoms with Gasteiger partial charge in [0.25, 0.3) is 0 Å². The Labute approximate surface area is 133 Å². The van der Waals surface area contributed by atoms with Crippen LogP contribution in [0.2, 0.25) is 0 Å². The molecule has 0 spiro atoms. The highest BCUT2D eigenvalue weighted by Crippen LogP contribution is 2.15. The largest absolute Gasteiger partial charge is 0.508 e. The van der Waals surface area contributed by atoms with Gasteiger partial charge in [0, 0.05) is 5.69 Å². The number of nitrogens with one attached hydrogen (secondary N) is 1. The van der Waals surface area contributed by atoms with E-state index in [1.165, 1.54) is 12.1 Å². The van der Waals surface area contributed by atoms with Crippen molar-refractivity contribution in [1.29, 1.82) is 0 Å². The number of anilines is 1. The van der Waals surface area contributed by atoms with Crippen LogP contribution in [0.1, 0.15) is 5.56 Å². The Morgan fingerprint density at radius 3 is 2.26 bits per heavy atom. The fraction of sp³-hybridized carbons (Fsp3) is 0.125. The molecule has 7 heteroatoms. The second kappa shape index (κ2) is 7.28. The number of guanidine groups is 1. The first-order chi connectivity index (χ1) is 10.9. The molecule has 0 aromatic heterocycles. The number of hydrogen-bond acceptors (Lipinski definition) is 4. The van der Waals surface area contributed by atoms with Gasteiger partial charge in [0.2, 0.25) is 5.91 Å². The third-order valence-corrected chi connectivity index (χ3v) is 3.12. The molecule has 2 aromatic rings. The molecular weight excluding hydrogens is 294 g/mol. The molecule has 23 heavy (non-hydrogen) atoms. The number of aromatic hydroxyl groups is 1. The summed E-state index contributed by atoms with van der Waals surface area (Å²) in [5, 5.41) is 11.9. The topological polar surface area (TPSA) is 140 Å². The summed E-state index contributed by atoms with van der Waals surface area (Å²) < 4.78 is 0. The average Bonchev–Trinajstić information content (AvgIpc) is 2.51. The zero-order valence-corrected chi connectivity index (χ0v) is 12.4. The summed E-state index contributed by atoms with van der Waals surface area (Å²) in [4.78, 5) is 16.0. The highest BCUT2D eigenvalue weighted by atomic mass is 16.3. The minimum atomic E-state index is -0.697. The molecule has 2 rings (SSSR count). The van der Waals surface area contributed by atoms with Gasteiger partial charge in [0.05, 0.1) is 11.7 Å². The van der Waals surface area contributed by atoms with Crippen LogP contribution in [0, 0.1) is 0 Å². The first-order valence-electron chi connectivity index (χ1n) is 6.98. The van der Waals surface area contributed by atoms with Gasteiger partial charge in [-0.1, -0.05) is 12.1 Å². The predicted molar refractivity (Wildman–Crippen MR) is 90.3 cm³/mol. The normalized spacial score (nSPS) is 11.5. The summed E-state index contributed by atoms with van der Waals surface area (Å²) in [5.41, 5.74) is 18.6. The van der Waals surface area contributed by atoms with Gasteiger partial charge < -0.3 is 27.6 Å². The van der Waals surface area contributed by atoms with Crippen LogP contribution in [0.5, 0.6) is 5.75 Å². The number of amides is 1. The van der Waals surface area contributed by atoms with Gasteiger partial charge in [-0.2, -0.15) is 0 Å². The van der Waals surface area contributed by atoms with Crippen LogP contribution in [-0.4, -0.2) is 23.0 Å². The highest BCUT2D eigenvalue weighted by Gasteiger charge is 2.14. The maximum absolute atomic E-state index is 12.1. The van der Waals surface area contributed by atoms with Crippen molar-refractivity contribution in [2.45, 2.75) is 12.5 Å². The van der Waals surface area contributed by atoms with E-state index in [4.69, 9.17) is 17.2 Å². The van der Waals surface area contributed by atoms with E-state index in [-0.39, 0.29) is 17.6 Å². The minimum absolute atomic E-state index is 0.0114. The van der Waals surface area contributed by atoms with Crippen LogP contribution in [0.25, 0.3) is 0 Å². The Morgan fingerprint density at radius 2 is 1.70 bits per heavy atom. The summed E-state index contributed by atoms with van der Waals surface area (Å²) in [7, 11) is 0. The lowest BCUT2D eigenvalue weighted by molar-refractivity contribution is -0.117. The van der Waals surface area contributed by atoms with Crippen molar-refractivity contribution in [3.05, 3.63) is 54.1 Å². The van der Waals surface area contributed by atoms with Gasteiger partial charge in [-0.05, 0) is 48.4 Å². The Hall–Kier alpha value is -3.06. The lowest BCUT2D eigenvalue weighted by Crippen LogP contribution is -2.37. The smallest absolute Gasteiger partial charge is 0.241 e. The van der Waals surface area contributed by atoms with Crippen molar-refractivity contribution in [2.75, 3.05) is 5.32 Å². The van der Waals surface area contributed by atoms with Crippen LogP contribution >= 0.6 is 0 Å². The molecule has 120 valence electrons. The SMILES string of the molecule is NC(N)=Nc1ccc(C[C@H](N)C(=O)Nc2ccc(O)cc2)cc1. The summed E-state index contributed by atoms with van der Waals surface area (Å²) in [6.45, 7) is 0. The van der Waals surface area contributed by atoms with Gasteiger partial charge in [0.15, 0.2) is 5.96 Å². The van der Waals surface area contributed by atoms with E-state index in [1.807, 2.05) is 12.1 Å². The number of benzene rings is 2. The highest BCUT2D eigenvalue weighted by molar-refractivity contribution is 5.94. The molecule has 0 fully saturated rings. The molecule has 0 aliphatic heterocycles. The quantitative estimate of drug-likeness (QED) is 0.315. The Balaban J connectivity index is 1.95. The monoisotopic (exact) mass is 313 g/mol. The van der Waals surface area contributed by atoms with Gasteiger partial charge in [-0.25, -0.2) is 4.99 Å². The fourth-order valence-corrected chi connectivity index (χ4v) is 1.98. The Kier molecular flexibility index (Phi) is 5.16. The molecule has 0 radical (unpaired) electrons. The first kappa shape index (κ1) is 16.3. The second-order valence-corrected chi connectivity index (χ2v) is 5.05. The van der Waals surface area contributed by atoms with E-state index in [0.717, 1.165) is 5.56 Å². The number of carbonyl (C=O) groups excluding carboxylic acids is 1. The molecule has 8 N–H and O–H groups in total. The number of rotatable bonds is 5. The number of nitrogens with two attached hydrogens (primary N) is 3. The lowest BCUT2D eigenvalue weighted by atomic mass is 10.1. The number of hydrogen-bond donors (Lipinski definition) is 5. The average molecular weight is 313 g/mol. The first-order valence-corrected chi connectivity index (χ1v) is 6.98. The van der Waals surface area contributed by atoms with E-state index < -0.39 is 6.04 Å². The lowest BCUT2D eigenvalue weighted by Gasteiger charge is -2.12. The zero-order chi connectivity index (χ0) is 16.8. The maximum Gasteiger partial charge on any atom is 0.241 e. The molecule has 0 unspecified atom stereocenters. The standard InChI is InChI=1S/C16H19N5O2/c17-14(15(23)20-11-5-7-13(22)8-6-11)9-10-1-3-12(4-2-10)21-16(18)19/h1-8,14,22H,9,17H2,(H,20,23)(H4,18,19,21)/t14-/m0/s1. The number of nitrogens with zero attached hydrogens (tertiary/aromatic N) is 1. The summed E-state index contributed by atoms with van der Waals surface area (Å²) in [6.07, 6.45) is 0.381. The van der Waals surface area contributed by atoms with Crippen molar-refractivity contribution >= 4 is 23.2 Å². The Morgan fingerprint density at radius 1 is 1.09 bits per heavy atom.